The number of anilines is 3. The molecule has 0 saturated carbocycles. The number of para-hydroxylation sites is 1. The highest BCUT2D eigenvalue weighted by atomic mass is 19.1. The maximum Gasteiger partial charge on any atom is 0.228 e. The van der Waals surface area contributed by atoms with Gasteiger partial charge >= 0.3 is 0 Å². The standard InChI is InChI=1S/C21H19FN2O/c1-24(19-8-3-2-4-9-19)20-12-10-18(11-13-20)23-21(25)15-16-6-5-7-17(22)14-16/h2-14H,15H2,1H3,(H,23,25). The van der Waals surface area contributed by atoms with Crippen LogP contribution in [0.4, 0.5) is 21.5 Å². The first-order valence-electron chi connectivity index (χ1n) is 8.05. The van der Waals surface area contributed by atoms with Gasteiger partial charge in [-0.1, -0.05) is 30.3 Å². The van der Waals surface area contributed by atoms with Gasteiger partial charge in [0.05, 0.1) is 6.42 Å². The largest absolute Gasteiger partial charge is 0.345 e. The summed E-state index contributed by atoms with van der Waals surface area (Å²) in [6.07, 6.45) is 0.142. The van der Waals surface area contributed by atoms with Crippen LogP contribution in [0.25, 0.3) is 0 Å². The molecule has 1 amide bonds. The minimum atomic E-state index is -0.335. The van der Waals surface area contributed by atoms with Crippen molar-refractivity contribution in [3.63, 3.8) is 0 Å². The van der Waals surface area contributed by atoms with Gasteiger partial charge in [-0.25, -0.2) is 4.39 Å². The van der Waals surface area contributed by atoms with Crippen molar-refractivity contribution in [1.82, 2.24) is 0 Å². The maximum atomic E-state index is 13.2. The number of hydrogen-bond acceptors (Lipinski definition) is 2. The molecule has 3 aromatic rings. The second kappa shape index (κ2) is 7.62. The van der Waals surface area contributed by atoms with Crippen molar-refractivity contribution in [3.8, 4) is 0 Å². The number of amides is 1. The van der Waals surface area contributed by atoms with Crippen LogP contribution in [0.5, 0.6) is 0 Å². The van der Waals surface area contributed by atoms with E-state index in [4.69, 9.17) is 0 Å². The van der Waals surface area contributed by atoms with Crippen molar-refractivity contribution < 1.29 is 9.18 Å². The summed E-state index contributed by atoms with van der Waals surface area (Å²) in [6, 6.07) is 23.7. The van der Waals surface area contributed by atoms with Gasteiger partial charge in [0.1, 0.15) is 5.82 Å². The molecule has 0 fully saturated rings. The highest BCUT2D eigenvalue weighted by Gasteiger charge is 2.07. The highest BCUT2D eigenvalue weighted by Crippen LogP contribution is 2.24. The third-order valence-electron chi connectivity index (χ3n) is 3.94. The Hall–Kier alpha value is -3.14. The Balaban J connectivity index is 1.63. The number of carbonyl (C=O) groups excluding carboxylic acids is 1. The van der Waals surface area contributed by atoms with Crippen molar-refractivity contribution in [2.75, 3.05) is 17.3 Å². The van der Waals surface area contributed by atoms with E-state index < -0.39 is 0 Å². The Bertz CT molecular complexity index is 847. The molecule has 0 saturated heterocycles. The van der Waals surface area contributed by atoms with Crippen molar-refractivity contribution in [1.29, 1.82) is 0 Å². The lowest BCUT2D eigenvalue weighted by molar-refractivity contribution is -0.115. The number of carbonyl (C=O) groups is 1. The first-order chi connectivity index (χ1) is 12.1. The van der Waals surface area contributed by atoms with Crippen LogP contribution in [0, 0.1) is 5.82 Å². The van der Waals surface area contributed by atoms with Gasteiger partial charge in [0, 0.05) is 24.1 Å². The summed E-state index contributed by atoms with van der Waals surface area (Å²) >= 11 is 0. The van der Waals surface area contributed by atoms with Gasteiger partial charge in [0.25, 0.3) is 0 Å². The molecule has 0 aliphatic rings. The van der Waals surface area contributed by atoms with Crippen LogP contribution < -0.4 is 10.2 Å². The molecule has 0 radical (unpaired) electrons. The molecule has 0 spiro atoms. The highest BCUT2D eigenvalue weighted by molar-refractivity contribution is 5.92. The predicted molar refractivity (Wildman–Crippen MR) is 99.7 cm³/mol. The Morgan fingerprint density at radius 1 is 0.920 bits per heavy atom. The van der Waals surface area contributed by atoms with Crippen LogP contribution in [-0.4, -0.2) is 13.0 Å². The van der Waals surface area contributed by atoms with Crippen molar-refractivity contribution in [3.05, 3.63) is 90.2 Å². The molecule has 0 aliphatic carbocycles. The summed E-state index contributed by atoms with van der Waals surface area (Å²) < 4.78 is 13.2. The number of rotatable bonds is 5. The second-order valence-corrected chi connectivity index (χ2v) is 5.80. The van der Waals surface area contributed by atoms with E-state index in [1.54, 1.807) is 12.1 Å². The number of halogens is 1. The Morgan fingerprint density at radius 2 is 1.60 bits per heavy atom. The van der Waals surface area contributed by atoms with Crippen LogP contribution in [0.3, 0.4) is 0 Å². The number of nitrogens with one attached hydrogen (secondary N) is 1. The molecule has 0 bridgehead atoms. The van der Waals surface area contributed by atoms with E-state index in [0.29, 0.717) is 11.3 Å². The van der Waals surface area contributed by atoms with Crippen LogP contribution in [-0.2, 0) is 11.2 Å². The Kier molecular flexibility index (Phi) is 5.09. The molecule has 0 heterocycles. The number of benzene rings is 3. The van der Waals surface area contributed by atoms with E-state index in [-0.39, 0.29) is 18.1 Å². The van der Waals surface area contributed by atoms with Gasteiger partial charge in [0.2, 0.25) is 5.91 Å². The molecule has 25 heavy (non-hydrogen) atoms. The Morgan fingerprint density at radius 3 is 2.28 bits per heavy atom. The Labute approximate surface area is 146 Å². The minimum Gasteiger partial charge on any atom is -0.345 e. The van der Waals surface area contributed by atoms with Crippen molar-refractivity contribution in [2.45, 2.75) is 6.42 Å². The van der Waals surface area contributed by atoms with Crippen LogP contribution in [0.2, 0.25) is 0 Å². The third-order valence-corrected chi connectivity index (χ3v) is 3.94. The fraction of sp³-hybridized carbons (Fsp3) is 0.0952. The number of hydrogen-bond donors (Lipinski definition) is 1. The topological polar surface area (TPSA) is 32.3 Å². The van der Waals surface area contributed by atoms with Crippen molar-refractivity contribution in [2.24, 2.45) is 0 Å². The van der Waals surface area contributed by atoms with Gasteiger partial charge < -0.3 is 10.2 Å². The number of nitrogens with zero attached hydrogens (tertiary/aromatic N) is 1. The molecule has 0 atom stereocenters. The van der Waals surface area contributed by atoms with Gasteiger partial charge in [-0.05, 0) is 54.1 Å². The van der Waals surface area contributed by atoms with Crippen LogP contribution >= 0.6 is 0 Å². The van der Waals surface area contributed by atoms with Gasteiger partial charge in [-0.15, -0.1) is 0 Å². The molecule has 126 valence electrons. The van der Waals surface area contributed by atoms with E-state index >= 15 is 0 Å². The summed E-state index contributed by atoms with van der Waals surface area (Å²) in [5, 5.41) is 2.84. The van der Waals surface area contributed by atoms with E-state index in [1.807, 2.05) is 61.6 Å². The molecule has 0 aromatic heterocycles. The average molecular weight is 334 g/mol. The SMILES string of the molecule is CN(c1ccccc1)c1ccc(NC(=O)Cc2cccc(F)c2)cc1. The summed E-state index contributed by atoms with van der Waals surface area (Å²) in [5.74, 6) is -0.506. The third kappa shape index (κ3) is 4.44. The zero-order valence-electron chi connectivity index (χ0n) is 13.9. The average Bonchev–Trinajstić information content (AvgIpc) is 2.62. The molecule has 0 unspecified atom stereocenters. The van der Waals surface area contributed by atoms with Crippen LogP contribution in [0.1, 0.15) is 5.56 Å². The summed E-state index contributed by atoms with van der Waals surface area (Å²) in [7, 11) is 1.99. The molecule has 3 aromatic carbocycles. The smallest absolute Gasteiger partial charge is 0.228 e. The lowest BCUT2D eigenvalue weighted by atomic mass is 10.1. The molecule has 3 nitrogen and oxygen atoms in total. The van der Waals surface area contributed by atoms with E-state index in [2.05, 4.69) is 10.2 Å². The zero-order valence-corrected chi connectivity index (χ0v) is 13.9. The normalized spacial score (nSPS) is 10.3. The zero-order chi connectivity index (χ0) is 17.6. The van der Waals surface area contributed by atoms with Gasteiger partial charge in [-0.2, -0.15) is 0 Å². The lowest BCUT2D eigenvalue weighted by Crippen LogP contribution is -2.14. The van der Waals surface area contributed by atoms with Crippen LogP contribution in [0.15, 0.2) is 78.9 Å². The summed E-state index contributed by atoms with van der Waals surface area (Å²) in [4.78, 5) is 14.2. The summed E-state index contributed by atoms with van der Waals surface area (Å²) in [5.41, 5.74) is 3.48. The first kappa shape index (κ1) is 16.7. The predicted octanol–water partition coefficient (Wildman–Crippen LogP) is 4.77. The molecule has 0 aliphatic heterocycles. The maximum absolute atomic E-state index is 13.2. The molecule has 3 rings (SSSR count). The van der Waals surface area contributed by atoms with E-state index in [1.165, 1.54) is 12.1 Å². The van der Waals surface area contributed by atoms with E-state index in [0.717, 1.165) is 11.4 Å². The monoisotopic (exact) mass is 334 g/mol. The van der Waals surface area contributed by atoms with Crippen molar-refractivity contribution >= 4 is 23.0 Å². The molecular weight excluding hydrogens is 315 g/mol. The quantitative estimate of drug-likeness (QED) is 0.728. The first-order valence-corrected chi connectivity index (χ1v) is 8.05. The summed E-state index contributed by atoms with van der Waals surface area (Å²) in [6.45, 7) is 0. The molecule has 4 heteroatoms. The lowest BCUT2D eigenvalue weighted by Gasteiger charge is -2.19. The van der Waals surface area contributed by atoms with Gasteiger partial charge in [0.15, 0.2) is 0 Å². The molecular formula is C21H19FN2O. The fourth-order valence-corrected chi connectivity index (χ4v) is 2.61. The minimum absolute atomic E-state index is 0.142. The molecule has 1 N–H and O–H groups in total. The van der Waals surface area contributed by atoms with Gasteiger partial charge in [-0.3, -0.25) is 4.79 Å². The fourth-order valence-electron chi connectivity index (χ4n) is 2.61. The van der Waals surface area contributed by atoms with E-state index in [9.17, 15) is 9.18 Å². The second-order valence-electron chi connectivity index (χ2n) is 5.80.